The number of rotatable bonds is 4. The molecule has 2 aromatic carbocycles. The minimum absolute atomic E-state index is 0.0413. The third-order valence-corrected chi connectivity index (χ3v) is 5.84. The van der Waals surface area contributed by atoms with E-state index in [-0.39, 0.29) is 12.2 Å². The number of hydrogen-bond donors (Lipinski definition) is 1. The normalized spacial score (nSPS) is 15.6. The second-order valence-corrected chi connectivity index (χ2v) is 8.00. The van der Waals surface area contributed by atoms with Gasteiger partial charge in [-0.3, -0.25) is 0 Å². The van der Waals surface area contributed by atoms with Crippen LogP contribution < -0.4 is 4.74 Å². The Balaban J connectivity index is 1.69. The molecule has 27 heavy (non-hydrogen) atoms. The molecule has 3 aromatic rings. The van der Waals surface area contributed by atoms with E-state index in [1.807, 2.05) is 44.2 Å². The van der Waals surface area contributed by atoms with Gasteiger partial charge in [0.15, 0.2) is 0 Å². The van der Waals surface area contributed by atoms with Gasteiger partial charge in [-0.2, -0.15) is 0 Å². The van der Waals surface area contributed by atoms with Gasteiger partial charge in [-0.25, -0.2) is 4.85 Å². The minimum Gasteiger partial charge on any atom is -0.502 e. The van der Waals surface area contributed by atoms with Gasteiger partial charge in [0.25, 0.3) is 0 Å². The average molecular weight is 375 g/mol. The first kappa shape index (κ1) is 17.8. The van der Waals surface area contributed by atoms with Crippen LogP contribution in [0.5, 0.6) is 5.75 Å². The molecular formula is C23H21NO2S. The first-order valence-electron chi connectivity index (χ1n) is 9.14. The van der Waals surface area contributed by atoms with Crippen LogP contribution in [0.2, 0.25) is 0 Å². The van der Waals surface area contributed by atoms with E-state index >= 15 is 0 Å². The molecule has 0 amide bonds. The molecule has 0 aliphatic heterocycles. The lowest BCUT2D eigenvalue weighted by Gasteiger charge is -2.12. The summed E-state index contributed by atoms with van der Waals surface area (Å²) in [4.78, 5) is 4.83. The third-order valence-electron chi connectivity index (χ3n) is 4.88. The van der Waals surface area contributed by atoms with Crippen LogP contribution in [0.25, 0.3) is 26.4 Å². The fourth-order valence-corrected chi connectivity index (χ4v) is 4.60. The molecule has 1 atom stereocenters. The lowest BCUT2D eigenvalue weighted by Crippen LogP contribution is -2.05. The van der Waals surface area contributed by atoms with Crippen LogP contribution in [0.1, 0.15) is 37.5 Å². The van der Waals surface area contributed by atoms with E-state index in [0.29, 0.717) is 11.4 Å². The molecule has 1 unspecified atom stereocenters. The summed E-state index contributed by atoms with van der Waals surface area (Å²) in [6.45, 7) is 11.4. The molecule has 0 saturated carbocycles. The maximum Gasteiger partial charge on any atom is 0.228 e. The Morgan fingerprint density at radius 1 is 1.19 bits per heavy atom. The van der Waals surface area contributed by atoms with Gasteiger partial charge in [-0.05, 0) is 78.1 Å². The lowest BCUT2D eigenvalue weighted by molar-refractivity contribution is 0.180. The van der Waals surface area contributed by atoms with Gasteiger partial charge < -0.3 is 9.84 Å². The Bertz CT molecular complexity index is 1030. The molecule has 1 heterocycles. The molecule has 0 saturated heterocycles. The summed E-state index contributed by atoms with van der Waals surface area (Å²) in [5, 5.41) is 12.3. The van der Waals surface area contributed by atoms with Crippen LogP contribution in [-0.2, 0) is 6.42 Å². The fraction of sp³-hybridized carbons (Fsp3) is 0.261. The van der Waals surface area contributed by atoms with Gasteiger partial charge in [0, 0.05) is 4.88 Å². The van der Waals surface area contributed by atoms with Crippen LogP contribution in [0.4, 0.5) is 5.69 Å². The topological polar surface area (TPSA) is 33.8 Å². The Morgan fingerprint density at radius 3 is 2.81 bits per heavy atom. The minimum atomic E-state index is -0.339. The number of aliphatic hydroxyl groups is 1. The lowest BCUT2D eigenvalue weighted by atomic mass is 10.0. The van der Waals surface area contributed by atoms with Crippen molar-refractivity contribution in [3.63, 3.8) is 0 Å². The summed E-state index contributed by atoms with van der Waals surface area (Å²) in [5.74, 6) is 0.633. The third kappa shape index (κ3) is 3.37. The Morgan fingerprint density at radius 2 is 2.04 bits per heavy atom. The first-order valence-corrected chi connectivity index (χ1v) is 10.0. The molecule has 1 N–H and O–H groups in total. The number of fused-ring (bicyclic) bond motifs is 1. The standard InChI is InChI=1S/C23H21NO2S/c1-14(2)26-22-10-7-15(11-20(22)24-3)16-12-23(27-13-16)19-6-4-5-18-17(19)8-9-21(18)25/h4-7,10-14,21,25H,8-9H2,1-2H3. The largest absolute Gasteiger partial charge is 0.502 e. The quantitative estimate of drug-likeness (QED) is 0.535. The van der Waals surface area contributed by atoms with Crippen LogP contribution in [0.3, 0.4) is 0 Å². The van der Waals surface area contributed by atoms with Crippen molar-refractivity contribution in [1.82, 2.24) is 0 Å². The molecule has 1 aliphatic rings. The van der Waals surface area contributed by atoms with Crippen LogP contribution in [0.15, 0.2) is 47.8 Å². The summed E-state index contributed by atoms with van der Waals surface area (Å²) in [7, 11) is 0. The number of nitrogens with zero attached hydrogens (tertiary/aromatic N) is 1. The average Bonchev–Trinajstić information content (AvgIpc) is 3.29. The van der Waals surface area contributed by atoms with E-state index in [9.17, 15) is 5.11 Å². The predicted octanol–water partition coefficient (Wildman–Crippen LogP) is 6.40. The van der Waals surface area contributed by atoms with Gasteiger partial charge >= 0.3 is 0 Å². The number of benzene rings is 2. The van der Waals surface area contributed by atoms with Gasteiger partial charge in [0.1, 0.15) is 5.75 Å². The van der Waals surface area contributed by atoms with Crippen molar-refractivity contribution < 1.29 is 9.84 Å². The zero-order valence-electron chi connectivity index (χ0n) is 15.4. The molecule has 0 fully saturated rings. The van der Waals surface area contributed by atoms with Crippen molar-refractivity contribution >= 4 is 17.0 Å². The highest BCUT2D eigenvalue weighted by Gasteiger charge is 2.23. The highest BCUT2D eigenvalue weighted by Crippen LogP contribution is 2.42. The summed E-state index contributed by atoms with van der Waals surface area (Å²) >= 11 is 1.70. The highest BCUT2D eigenvalue weighted by molar-refractivity contribution is 7.14. The van der Waals surface area contributed by atoms with Crippen molar-refractivity contribution in [2.75, 3.05) is 0 Å². The van der Waals surface area contributed by atoms with Crippen molar-refractivity contribution in [2.24, 2.45) is 0 Å². The summed E-state index contributed by atoms with van der Waals surface area (Å²) < 4.78 is 5.73. The van der Waals surface area contributed by atoms with Crippen molar-refractivity contribution in [3.8, 4) is 27.3 Å². The maximum atomic E-state index is 10.1. The van der Waals surface area contributed by atoms with E-state index in [4.69, 9.17) is 11.3 Å². The van der Waals surface area contributed by atoms with Crippen LogP contribution >= 0.6 is 11.3 Å². The molecule has 136 valence electrons. The Labute approximate surface area is 163 Å². The molecule has 0 radical (unpaired) electrons. The zero-order chi connectivity index (χ0) is 19.0. The summed E-state index contributed by atoms with van der Waals surface area (Å²) in [6.07, 6.45) is 1.42. The molecule has 0 spiro atoms. The van der Waals surface area contributed by atoms with Crippen molar-refractivity contribution in [1.29, 1.82) is 0 Å². The van der Waals surface area contributed by atoms with Gasteiger partial charge in [-0.1, -0.05) is 24.3 Å². The summed E-state index contributed by atoms with van der Waals surface area (Å²) in [5.41, 5.74) is 6.20. The number of ether oxygens (including phenoxy) is 1. The smallest absolute Gasteiger partial charge is 0.228 e. The first-order chi connectivity index (χ1) is 13.1. The molecule has 1 aromatic heterocycles. The van der Waals surface area contributed by atoms with E-state index in [1.165, 1.54) is 16.0 Å². The van der Waals surface area contributed by atoms with Crippen molar-refractivity contribution in [3.05, 3.63) is 70.4 Å². The van der Waals surface area contributed by atoms with Crippen LogP contribution in [0, 0.1) is 6.57 Å². The molecule has 0 bridgehead atoms. The fourth-order valence-electron chi connectivity index (χ4n) is 3.63. The van der Waals surface area contributed by atoms with Crippen LogP contribution in [-0.4, -0.2) is 11.2 Å². The molecule has 4 rings (SSSR count). The predicted molar refractivity (Wildman–Crippen MR) is 110 cm³/mol. The van der Waals surface area contributed by atoms with Gasteiger partial charge in [0.05, 0.1) is 18.8 Å². The van der Waals surface area contributed by atoms with Crippen molar-refractivity contribution in [2.45, 2.75) is 38.9 Å². The second-order valence-electron chi connectivity index (χ2n) is 7.09. The number of aliphatic hydroxyl groups excluding tert-OH is 1. The monoisotopic (exact) mass is 375 g/mol. The molecule has 4 heteroatoms. The summed E-state index contributed by atoms with van der Waals surface area (Å²) in [6, 6.07) is 14.2. The zero-order valence-corrected chi connectivity index (χ0v) is 16.2. The van der Waals surface area contributed by atoms with E-state index in [0.717, 1.165) is 29.5 Å². The Kier molecular flexibility index (Phi) is 4.73. The SMILES string of the molecule is [C-]#[N+]c1cc(-c2csc(-c3cccc4c3CCC4O)c2)ccc1OC(C)C. The maximum absolute atomic E-state index is 10.1. The second kappa shape index (κ2) is 7.19. The molecule has 3 nitrogen and oxygen atoms in total. The van der Waals surface area contributed by atoms with Gasteiger partial charge in [0.2, 0.25) is 5.69 Å². The van der Waals surface area contributed by atoms with Gasteiger partial charge in [-0.15, -0.1) is 11.3 Å². The van der Waals surface area contributed by atoms with E-state index in [2.05, 4.69) is 22.4 Å². The van der Waals surface area contributed by atoms with E-state index in [1.54, 1.807) is 11.3 Å². The van der Waals surface area contributed by atoms with E-state index < -0.39 is 0 Å². The molecule has 1 aliphatic carbocycles. The number of hydrogen-bond acceptors (Lipinski definition) is 3. The Hall–Kier alpha value is -2.61. The number of thiophene rings is 1. The molecular weight excluding hydrogens is 354 g/mol. The highest BCUT2D eigenvalue weighted by atomic mass is 32.1.